The molecule has 23 heavy (non-hydrogen) atoms. The molecule has 1 rings (SSSR count). The normalized spacial score (nSPS) is 18.0. The van der Waals surface area contributed by atoms with E-state index in [1.165, 1.54) is 51.4 Å². The molecule has 0 aromatic rings. The zero-order valence-electron chi connectivity index (χ0n) is 14.9. The lowest BCUT2D eigenvalue weighted by Gasteiger charge is -2.22. The van der Waals surface area contributed by atoms with Gasteiger partial charge >= 0.3 is 0 Å². The van der Waals surface area contributed by atoms with Gasteiger partial charge in [0.25, 0.3) is 0 Å². The van der Waals surface area contributed by atoms with E-state index in [0.717, 1.165) is 19.3 Å². The van der Waals surface area contributed by atoms with Crippen LogP contribution in [0.25, 0.3) is 0 Å². The molecule has 0 radical (unpaired) electrons. The van der Waals surface area contributed by atoms with Crippen molar-refractivity contribution < 1.29 is 15.0 Å². The molecule has 4 heteroatoms. The number of hydrogen-bond acceptors (Lipinski definition) is 3. The smallest absolute Gasteiger partial charge is 0.220 e. The number of hydrogen-bond donors (Lipinski definition) is 3. The fourth-order valence-electron chi connectivity index (χ4n) is 3.51. The quantitative estimate of drug-likeness (QED) is 0.453. The van der Waals surface area contributed by atoms with Crippen LogP contribution in [0.2, 0.25) is 0 Å². The van der Waals surface area contributed by atoms with Gasteiger partial charge in [-0.2, -0.15) is 0 Å². The Kier molecular flexibility index (Phi) is 11.3. The highest BCUT2D eigenvalue weighted by Crippen LogP contribution is 2.28. The van der Waals surface area contributed by atoms with Crippen LogP contribution >= 0.6 is 0 Å². The number of unbranched alkanes of at least 4 members (excludes halogenated alkanes) is 5. The van der Waals surface area contributed by atoms with Gasteiger partial charge in [0.1, 0.15) is 0 Å². The predicted molar refractivity (Wildman–Crippen MR) is 94.2 cm³/mol. The van der Waals surface area contributed by atoms with E-state index in [1.54, 1.807) is 0 Å². The number of amides is 1. The molecule has 1 fully saturated rings. The van der Waals surface area contributed by atoms with Crippen LogP contribution in [-0.2, 0) is 4.79 Å². The summed E-state index contributed by atoms with van der Waals surface area (Å²) in [6.45, 7) is 2.01. The van der Waals surface area contributed by atoms with Gasteiger partial charge in [-0.1, -0.05) is 71.1 Å². The third kappa shape index (κ3) is 9.31. The van der Waals surface area contributed by atoms with Gasteiger partial charge in [-0.15, -0.1) is 0 Å². The summed E-state index contributed by atoms with van der Waals surface area (Å²) in [6.07, 6.45) is 13.6. The first kappa shape index (κ1) is 20.4. The van der Waals surface area contributed by atoms with Gasteiger partial charge < -0.3 is 15.5 Å². The van der Waals surface area contributed by atoms with Gasteiger partial charge in [0.2, 0.25) is 5.91 Å². The predicted octanol–water partition coefficient (Wildman–Crippen LogP) is 3.55. The number of carbonyl (C=O) groups excluding carboxylic acids is 1. The molecule has 0 aliphatic heterocycles. The fourth-order valence-corrected chi connectivity index (χ4v) is 3.51. The standard InChI is InChI=1S/C19H37NO3/c1-2-3-4-5-6-7-12-18(22)17(15-21)20-19(23)14-13-16-10-8-9-11-16/h16-18,21-22H,2-15H2,1H3,(H,20,23)/t17-,18?/m0/s1. The van der Waals surface area contributed by atoms with Crippen molar-refractivity contribution >= 4 is 5.91 Å². The molecule has 0 bridgehead atoms. The van der Waals surface area contributed by atoms with Crippen LogP contribution in [0.15, 0.2) is 0 Å². The van der Waals surface area contributed by atoms with Crippen molar-refractivity contribution in [2.24, 2.45) is 5.92 Å². The second-order valence-electron chi connectivity index (χ2n) is 7.17. The number of carbonyl (C=O) groups is 1. The van der Waals surface area contributed by atoms with E-state index in [0.29, 0.717) is 18.8 Å². The van der Waals surface area contributed by atoms with Gasteiger partial charge in [-0.05, 0) is 18.8 Å². The Morgan fingerprint density at radius 3 is 2.43 bits per heavy atom. The second kappa shape index (κ2) is 12.8. The van der Waals surface area contributed by atoms with Gasteiger partial charge in [0, 0.05) is 6.42 Å². The lowest BCUT2D eigenvalue weighted by molar-refractivity contribution is -0.123. The average molecular weight is 328 g/mol. The molecule has 3 N–H and O–H groups in total. The third-order valence-electron chi connectivity index (χ3n) is 5.12. The minimum absolute atomic E-state index is 0.0297. The van der Waals surface area contributed by atoms with E-state index >= 15 is 0 Å². The topological polar surface area (TPSA) is 69.6 Å². The lowest BCUT2D eigenvalue weighted by atomic mass is 10.0. The van der Waals surface area contributed by atoms with Crippen LogP contribution in [-0.4, -0.2) is 34.9 Å². The largest absolute Gasteiger partial charge is 0.394 e. The molecule has 0 heterocycles. The molecule has 4 nitrogen and oxygen atoms in total. The molecule has 1 aliphatic rings. The molecule has 2 atom stereocenters. The summed E-state index contributed by atoms with van der Waals surface area (Å²) >= 11 is 0. The summed E-state index contributed by atoms with van der Waals surface area (Å²) in [7, 11) is 0. The van der Waals surface area contributed by atoms with Crippen molar-refractivity contribution in [2.45, 2.75) is 103 Å². The van der Waals surface area contributed by atoms with Gasteiger partial charge in [0.05, 0.1) is 18.8 Å². The summed E-state index contributed by atoms with van der Waals surface area (Å²) in [6, 6.07) is -0.512. The molecule has 0 aromatic heterocycles. The molecule has 136 valence electrons. The Hall–Kier alpha value is -0.610. The molecule has 1 unspecified atom stereocenters. The highest BCUT2D eigenvalue weighted by molar-refractivity contribution is 5.76. The van der Waals surface area contributed by atoms with Crippen molar-refractivity contribution in [1.29, 1.82) is 0 Å². The minimum Gasteiger partial charge on any atom is -0.394 e. The van der Waals surface area contributed by atoms with Gasteiger partial charge in [-0.3, -0.25) is 4.79 Å². The molecule has 1 amide bonds. The van der Waals surface area contributed by atoms with Crippen LogP contribution in [0.3, 0.4) is 0 Å². The first-order chi connectivity index (χ1) is 11.2. The molecular weight excluding hydrogens is 290 g/mol. The fraction of sp³-hybridized carbons (Fsp3) is 0.947. The maximum absolute atomic E-state index is 12.0. The summed E-state index contributed by atoms with van der Waals surface area (Å²) in [5.41, 5.74) is 0. The SMILES string of the molecule is CCCCCCCCC(O)[C@H](CO)NC(=O)CCC1CCCC1. The zero-order chi connectivity index (χ0) is 16.9. The van der Waals surface area contributed by atoms with Crippen LogP contribution in [0.5, 0.6) is 0 Å². The molecule has 1 saturated carbocycles. The number of rotatable bonds is 13. The molecule has 0 spiro atoms. The van der Waals surface area contributed by atoms with Crippen LogP contribution < -0.4 is 5.32 Å². The maximum Gasteiger partial charge on any atom is 0.220 e. The lowest BCUT2D eigenvalue weighted by Crippen LogP contribution is -2.45. The number of nitrogens with one attached hydrogen (secondary N) is 1. The van der Waals surface area contributed by atoms with Gasteiger partial charge in [-0.25, -0.2) is 0 Å². The number of aliphatic hydroxyl groups excluding tert-OH is 2. The van der Waals surface area contributed by atoms with E-state index in [-0.39, 0.29) is 12.5 Å². The van der Waals surface area contributed by atoms with E-state index in [1.807, 2.05) is 0 Å². The molecule has 0 aromatic carbocycles. The van der Waals surface area contributed by atoms with Crippen molar-refractivity contribution in [2.75, 3.05) is 6.61 Å². The van der Waals surface area contributed by atoms with Crippen LogP contribution in [0, 0.1) is 5.92 Å². The Balaban J connectivity index is 2.13. The summed E-state index contributed by atoms with van der Waals surface area (Å²) in [5, 5.41) is 22.4. The Morgan fingerprint density at radius 1 is 1.13 bits per heavy atom. The van der Waals surface area contributed by atoms with E-state index < -0.39 is 12.1 Å². The zero-order valence-corrected chi connectivity index (χ0v) is 14.9. The van der Waals surface area contributed by atoms with Crippen molar-refractivity contribution in [3.05, 3.63) is 0 Å². The Labute approximate surface area is 142 Å². The molecule has 1 aliphatic carbocycles. The van der Waals surface area contributed by atoms with Crippen molar-refractivity contribution in [3.63, 3.8) is 0 Å². The molecule has 0 saturated heterocycles. The van der Waals surface area contributed by atoms with E-state index in [2.05, 4.69) is 12.2 Å². The third-order valence-corrected chi connectivity index (χ3v) is 5.12. The second-order valence-corrected chi connectivity index (χ2v) is 7.17. The highest BCUT2D eigenvalue weighted by Gasteiger charge is 2.21. The first-order valence-corrected chi connectivity index (χ1v) is 9.75. The van der Waals surface area contributed by atoms with E-state index in [9.17, 15) is 15.0 Å². The van der Waals surface area contributed by atoms with Gasteiger partial charge in [0.15, 0.2) is 0 Å². The Bertz CT molecular complexity index is 303. The summed E-state index contributed by atoms with van der Waals surface area (Å²) in [5.74, 6) is 0.666. The summed E-state index contributed by atoms with van der Waals surface area (Å²) < 4.78 is 0. The monoisotopic (exact) mass is 327 g/mol. The first-order valence-electron chi connectivity index (χ1n) is 9.75. The summed E-state index contributed by atoms with van der Waals surface area (Å²) in [4.78, 5) is 12.0. The maximum atomic E-state index is 12.0. The van der Waals surface area contributed by atoms with E-state index in [4.69, 9.17) is 0 Å². The average Bonchev–Trinajstić information content (AvgIpc) is 3.07. The van der Waals surface area contributed by atoms with Crippen LogP contribution in [0.4, 0.5) is 0 Å². The van der Waals surface area contributed by atoms with Crippen molar-refractivity contribution in [1.82, 2.24) is 5.32 Å². The van der Waals surface area contributed by atoms with Crippen LogP contribution in [0.1, 0.15) is 90.4 Å². The minimum atomic E-state index is -0.637. The number of aliphatic hydroxyl groups is 2. The highest BCUT2D eigenvalue weighted by atomic mass is 16.3. The Morgan fingerprint density at radius 2 is 1.78 bits per heavy atom. The molecular formula is C19H37NO3. The van der Waals surface area contributed by atoms with Crippen molar-refractivity contribution in [3.8, 4) is 0 Å².